The first kappa shape index (κ1) is 11.4. The Morgan fingerprint density at radius 1 is 0.950 bits per heavy atom. The summed E-state index contributed by atoms with van der Waals surface area (Å²) in [6.45, 7) is 0. The molecule has 1 fully saturated rings. The summed E-state index contributed by atoms with van der Waals surface area (Å²) >= 11 is 0. The summed E-state index contributed by atoms with van der Waals surface area (Å²) < 4.78 is 5.79. The van der Waals surface area contributed by atoms with E-state index < -0.39 is 0 Å². The second-order valence-electron chi connectivity index (χ2n) is 5.22. The molecule has 3 atom stereocenters. The minimum absolute atomic E-state index is 0.00163. The molecule has 1 saturated carbocycles. The molecule has 0 unspecified atom stereocenters. The van der Waals surface area contributed by atoms with Crippen molar-refractivity contribution in [2.24, 2.45) is 11.8 Å². The number of carbonyl (C=O) groups is 2. The number of Topliss-reactive ketones (excluding diaryl/α,β-unsaturated/α-hetero) is 2. The third kappa shape index (κ3) is 1.53. The zero-order chi connectivity index (χ0) is 13.7. The SMILES string of the molecule is O=C(c1ccccc1)[C@H]1[C@@H]2Oc3ccccc3C(=O)[C@@H]21. The molecule has 1 aliphatic carbocycles. The molecule has 0 radical (unpaired) electrons. The number of benzene rings is 2. The van der Waals surface area contributed by atoms with E-state index in [1.807, 2.05) is 30.3 Å². The molecule has 98 valence electrons. The van der Waals surface area contributed by atoms with E-state index in [1.54, 1.807) is 24.3 Å². The molecule has 2 aliphatic rings. The van der Waals surface area contributed by atoms with Crippen LogP contribution in [-0.2, 0) is 0 Å². The highest BCUT2D eigenvalue weighted by molar-refractivity contribution is 6.11. The third-order valence-corrected chi connectivity index (χ3v) is 4.03. The van der Waals surface area contributed by atoms with E-state index in [1.165, 1.54) is 0 Å². The molecule has 0 saturated heterocycles. The Morgan fingerprint density at radius 2 is 1.65 bits per heavy atom. The quantitative estimate of drug-likeness (QED) is 0.783. The van der Waals surface area contributed by atoms with Gasteiger partial charge in [0, 0.05) is 5.56 Å². The number of hydrogen-bond acceptors (Lipinski definition) is 3. The van der Waals surface area contributed by atoms with Gasteiger partial charge in [0.1, 0.15) is 11.9 Å². The van der Waals surface area contributed by atoms with Crippen LogP contribution in [0.2, 0.25) is 0 Å². The Balaban J connectivity index is 1.65. The van der Waals surface area contributed by atoms with E-state index in [9.17, 15) is 9.59 Å². The fourth-order valence-corrected chi connectivity index (χ4v) is 2.95. The number of fused-ring (bicyclic) bond motifs is 2. The zero-order valence-electron chi connectivity index (χ0n) is 10.7. The van der Waals surface area contributed by atoms with Gasteiger partial charge < -0.3 is 4.74 Å². The molecular formula is C17H12O3. The Bertz CT molecular complexity index is 705. The molecule has 2 aromatic rings. The molecule has 1 heterocycles. The number of hydrogen-bond donors (Lipinski definition) is 0. The van der Waals surface area contributed by atoms with Crippen molar-refractivity contribution in [1.29, 1.82) is 0 Å². The summed E-state index contributed by atoms with van der Waals surface area (Å²) in [7, 11) is 0. The van der Waals surface area contributed by atoms with Crippen LogP contribution in [-0.4, -0.2) is 17.7 Å². The van der Waals surface area contributed by atoms with Crippen LogP contribution in [0.1, 0.15) is 20.7 Å². The first-order chi connectivity index (χ1) is 9.77. The second kappa shape index (κ2) is 4.04. The maximum absolute atomic E-state index is 12.4. The molecule has 0 bridgehead atoms. The fourth-order valence-electron chi connectivity index (χ4n) is 2.95. The summed E-state index contributed by atoms with van der Waals surface area (Å²) in [5.41, 5.74) is 1.24. The van der Waals surface area contributed by atoms with E-state index in [4.69, 9.17) is 4.74 Å². The lowest BCUT2D eigenvalue weighted by Gasteiger charge is -2.14. The first-order valence-corrected chi connectivity index (χ1v) is 6.66. The maximum atomic E-state index is 12.4. The number of ketones is 2. The van der Waals surface area contributed by atoms with E-state index in [0.29, 0.717) is 16.9 Å². The Labute approximate surface area is 116 Å². The highest BCUT2D eigenvalue weighted by atomic mass is 16.5. The molecule has 20 heavy (non-hydrogen) atoms. The van der Waals surface area contributed by atoms with Crippen LogP contribution in [0, 0.1) is 11.8 Å². The van der Waals surface area contributed by atoms with Crippen LogP contribution in [0.5, 0.6) is 5.75 Å². The fraction of sp³-hybridized carbons (Fsp3) is 0.176. The largest absolute Gasteiger partial charge is 0.488 e. The Hall–Kier alpha value is -2.42. The van der Waals surface area contributed by atoms with Gasteiger partial charge in [-0.25, -0.2) is 0 Å². The molecule has 1 aliphatic heterocycles. The highest BCUT2D eigenvalue weighted by Crippen LogP contribution is 2.50. The minimum atomic E-state index is -0.336. The van der Waals surface area contributed by atoms with Gasteiger partial charge in [0.2, 0.25) is 0 Å². The smallest absolute Gasteiger partial charge is 0.174 e. The van der Waals surface area contributed by atoms with E-state index in [0.717, 1.165) is 0 Å². The van der Waals surface area contributed by atoms with Crippen molar-refractivity contribution in [3.05, 3.63) is 65.7 Å². The van der Waals surface area contributed by atoms with Gasteiger partial charge in [0.25, 0.3) is 0 Å². The van der Waals surface area contributed by atoms with Gasteiger partial charge in [0.15, 0.2) is 11.6 Å². The zero-order valence-corrected chi connectivity index (χ0v) is 10.7. The van der Waals surface area contributed by atoms with E-state index in [2.05, 4.69) is 0 Å². The van der Waals surface area contributed by atoms with Gasteiger partial charge >= 0.3 is 0 Å². The summed E-state index contributed by atoms with van der Waals surface area (Å²) in [4.78, 5) is 24.8. The molecule has 0 N–H and O–H groups in total. The van der Waals surface area contributed by atoms with Crippen LogP contribution < -0.4 is 4.74 Å². The monoisotopic (exact) mass is 264 g/mol. The lowest BCUT2D eigenvalue weighted by Crippen LogP contribution is -2.16. The van der Waals surface area contributed by atoms with Gasteiger partial charge in [-0.15, -0.1) is 0 Å². The van der Waals surface area contributed by atoms with Crippen LogP contribution in [0.3, 0.4) is 0 Å². The first-order valence-electron chi connectivity index (χ1n) is 6.66. The average molecular weight is 264 g/mol. The van der Waals surface area contributed by atoms with Crippen LogP contribution >= 0.6 is 0 Å². The number of ether oxygens (including phenoxy) is 1. The molecular weight excluding hydrogens is 252 g/mol. The normalized spacial score (nSPS) is 26.2. The third-order valence-electron chi connectivity index (χ3n) is 4.03. The van der Waals surface area contributed by atoms with Crippen molar-refractivity contribution in [2.75, 3.05) is 0 Å². The van der Waals surface area contributed by atoms with Crippen molar-refractivity contribution in [1.82, 2.24) is 0 Å². The second-order valence-corrected chi connectivity index (χ2v) is 5.22. The van der Waals surface area contributed by atoms with Gasteiger partial charge in [-0.2, -0.15) is 0 Å². The summed E-state index contributed by atoms with van der Waals surface area (Å²) in [5.74, 6) is -0.00935. The lowest BCUT2D eigenvalue weighted by atomic mass is 10.0. The van der Waals surface area contributed by atoms with Gasteiger partial charge in [-0.3, -0.25) is 9.59 Å². The van der Waals surface area contributed by atoms with Crippen molar-refractivity contribution >= 4 is 11.6 Å². The molecule has 4 rings (SSSR count). The van der Waals surface area contributed by atoms with Crippen molar-refractivity contribution in [3.8, 4) is 5.75 Å². The predicted octanol–water partition coefficient (Wildman–Crippen LogP) is 2.76. The molecule has 2 aromatic carbocycles. The lowest BCUT2D eigenvalue weighted by molar-refractivity contribution is 0.0900. The van der Waals surface area contributed by atoms with Crippen LogP contribution in [0.15, 0.2) is 54.6 Å². The van der Waals surface area contributed by atoms with E-state index >= 15 is 0 Å². The Morgan fingerprint density at radius 3 is 2.45 bits per heavy atom. The molecule has 0 aromatic heterocycles. The average Bonchev–Trinajstić information content (AvgIpc) is 3.22. The topological polar surface area (TPSA) is 43.4 Å². The van der Waals surface area contributed by atoms with Crippen LogP contribution in [0.4, 0.5) is 0 Å². The van der Waals surface area contributed by atoms with E-state index in [-0.39, 0.29) is 29.5 Å². The van der Waals surface area contributed by atoms with Crippen molar-refractivity contribution < 1.29 is 14.3 Å². The predicted molar refractivity (Wildman–Crippen MR) is 72.9 cm³/mol. The Kier molecular flexibility index (Phi) is 2.30. The molecule has 0 amide bonds. The van der Waals surface area contributed by atoms with Crippen LogP contribution in [0.25, 0.3) is 0 Å². The maximum Gasteiger partial charge on any atom is 0.174 e. The van der Waals surface area contributed by atoms with Gasteiger partial charge in [0.05, 0.1) is 17.4 Å². The van der Waals surface area contributed by atoms with Gasteiger partial charge in [-0.1, -0.05) is 42.5 Å². The number of rotatable bonds is 2. The standard InChI is InChI=1S/C17H12O3/c18-15(10-6-2-1-3-7-10)13-14-16(19)11-8-4-5-9-12(11)20-17(13)14/h1-9,13-14,17H/t13-,14-,17-/m0/s1. The summed E-state index contributed by atoms with van der Waals surface area (Å²) in [6.07, 6.45) is -0.287. The summed E-state index contributed by atoms with van der Waals surface area (Å²) in [5, 5.41) is 0. The van der Waals surface area contributed by atoms with Gasteiger partial charge in [-0.05, 0) is 12.1 Å². The molecule has 3 nitrogen and oxygen atoms in total. The summed E-state index contributed by atoms with van der Waals surface area (Å²) in [6, 6.07) is 16.3. The minimum Gasteiger partial charge on any atom is -0.488 e. The van der Waals surface area contributed by atoms with Crippen molar-refractivity contribution in [2.45, 2.75) is 6.10 Å². The molecule has 3 heteroatoms. The number of para-hydroxylation sites is 1. The van der Waals surface area contributed by atoms with Crippen molar-refractivity contribution in [3.63, 3.8) is 0 Å². The number of carbonyl (C=O) groups excluding carboxylic acids is 2. The molecule has 0 spiro atoms. The highest BCUT2D eigenvalue weighted by Gasteiger charge is 2.63.